The summed E-state index contributed by atoms with van der Waals surface area (Å²) in [6.07, 6.45) is 6.16. The molecule has 4 aliphatic rings. The lowest BCUT2D eigenvalue weighted by atomic mass is 9.54. The number of sulfonamides is 1. The molecule has 4 bridgehead atoms. The molecular weight excluding hydrogens is 390 g/mol. The van der Waals surface area contributed by atoms with Crippen LogP contribution in [-0.2, 0) is 19.6 Å². The topological polar surface area (TPSA) is 95.6 Å². The molecule has 8 heteroatoms. The standard InChI is InChI=1S/C21H29N3O4S/c1-13(25)22-18-3-5-19(6-4-18)29(27,28)24(2)12-20(26)23-21-16-8-14-7-15(10-16)11-17(21)9-14/h3-6,14-17,21H,7-12H2,1-2H3,(H,22,25)(H,23,26). The second kappa shape index (κ2) is 7.72. The number of carbonyl (C=O) groups excluding carboxylic acids is 2. The normalized spacial score (nSPS) is 30.4. The van der Waals surface area contributed by atoms with E-state index in [0.717, 1.165) is 16.1 Å². The average molecular weight is 420 g/mol. The Morgan fingerprint density at radius 1 is 1.00 bits per heavy atom. The predicted octanol–water partition coefficient (Wildman–Crippen LogP) is 2.21. The number of hydrogen-bond donors (Lipinski definition) is 2. The summed E-state index contributed by atoms with van der Waals surface area (Å²) in [4.78, 5) is 23.8. The Kier molecular flexibility index (Phi) is 5.42. The Bertz CT molecular complexity index is 869. The van der Waals surface area contributed by atoms with Gasteiger partial charge in [0.15, 0.2) is 0 Å². The summed E-state index contributed by atoms with van der Waals surface area (Å²) in [6, 6.07) is 6.15. The summed E-state index contributed by atoms with van der Waals surface area (Å²) < 4.78 is 26.7. The molecule has 1 aromatic carbocycles. The average Bonchev–Trinajstić information content (AvgIpc) is 2.64. The number of benzene rings is 1. The first-order valence-corrected chi connectivity index (χ1v) is 11.8. The number of carbonyl (C=O) groups is 2. The van der Waals surface area contributed by atoms with Gasteiger partial charge in [-0.1, -0.05) is 0 Å². The van der Waals surface area contributed by atoms with Crippen LogP contribution in [0.25, 0.3) is 0 Å². The van der Waals surface area contributed by atoms with Crippen LogP contribution in [0.15, 0.2) is 29.2 Å². The van der Waals surface area contributed by atoms with Crippen LogP contribution in [0.2, 0.25) is 0 Å². The minimum absolute atomic E-state index is 0.0940. The van der Waals surface area contributed by atoms with Crippen molar-refractivity contribution >= 4 is 27.5 Å². The Balaban J connectivity index is 1.37. The third-order valence-corrected chi connectivity index (χ3v) is 8.62. The summed E-state index contributed by atoms with van der Waals surface area (Å²) in [5.41, 5.74) is 0.527. The monoisotopic (exact) mass is 419 g/mol. The maximum absolute atomic E-state index is 12.8. The van der Waals surface area contributed by atoms with Crippen LogP contribution in [0.1, 0.15) is 39.0 Å². The van der Waals surface area contributed by atoms with Crippen molar-refractivity contribution in [2.75, 3.05) is 18.9 Å². The molecule has 0 radical (unpaired) electrons. The van der Waals surface area contributed by atoms with E-state index in [-0.39, 0.29) is 29.3 Å². The molecule has 0 aliphatic heterocycles. The van der Waals surface area contributed by atoms with Gasteiger partial charge in [-0.2, -0.15) is 4.31 Å². The minimum Gasteiger partial charge on any atom is -0.352 e. The Hall–Kier alpha value is -1.93. The SMILES string of the molecule is CC(=O)Nc1ccc(S(=O)(=O)N(C)CC(=O)NC2C3CC4CC(C3)CC2C4)cc1. The number of likely N-dealkylation sites (N-methyl/N-ethyl adjacent to an activating group) is 1. The molecule has 0 unspecified atom stereocenters. The lowest BCUT2D eigenvalue weighted by molar-refractivity contribution is -0.125. The number of nitrogens with zero attached hydrogens (tertiary/aromatic N) is 1. The van der Waals surface area contributed by atoms with Crippen molar-refractivity contribution in [3.05, 3.63) is 24.3 Å². The molecule has 0 heterocycles. The molecule has 5 rings (SSSR count). The van der Waals surface area contributed by atoms with Gasteiger partial charge in [0.2, 0.25) is 21.8 Å². The molecule has 4 fully saturated rings. The zero-order chi connectivity index (χ0) is 20.8. The first kappa shape index (κ1) is 20.3. The largest absolute Gasteiger partial charge is 0.352 e. The van der Waals surface area contributed by atoms with E-state index in [1.165, 1.54) is 70.3 Å². The van der Waals surface area contributed by atoms with E-state index in [2.05, 4.69) is 10.6 Å². The fourth-order valence-corrected chi connectivity index (χ4v) is 6.90. The second-order valence-electron chi connectivity index (χ2n) is 8.99. The van der Waals surface area contributed by atoms with Gasteiger partial charge in [-0.25, -0.2) is 8.42 Å². The second-order valence-corrected chi connectivity index (χ2v) is 11.0. The maximum atomic E-state index is 12.8. The third kappa shape index (κ3) is 4.19. The van der Waals surface area contributed by atoms with Crippen LogP contribution in [0, 0.1) is 23.7 Å². The molecule has 1 aromatic rings. The van der Waals surface area contributed by atoms with Gasteiger partial charge in [0.25, 0.3) is 0 Å². The van der Waals surface area contributed by atoms with Gasteiger partial charge >= 0.3 is 0 Å². The molecule has 2 amide bonds. The van der Waals surface area contributed by atoms with Gasteiger partial charge in [-0.05, 0) is 80.0 Å². The zero-order valence-corrected chi connectivity index (χ0v) is 17.7. The number of anilines is 1. The maximum Gasteiger partial charge on any atom is 0.243 e. The summed E-state index contributed by atoms with van der Waals surface area (Å²) in [7, 11) is -2.36. The minimum atomic E-state index is -3.78. The smallest absolute Gasteiger partial charge is 0.243 e. The number of nitrogens with one attached hydrogen (secondary N) is 2. The molecule has 7 nitrogen and oxygen atoms in total. The van der Waals surface area contributed by atoms with Crippen molar-refractivity contribution in [3.8, 4) is 0 Å². The number of rotatable bonds is 6. The van der Waals surface area contributed by atoms with Crippen molar-refractivity contribution in [3.63, 3.8) is 0 Å². The van der Waals surface area contributed by atoms with E-state index in [0.29, 0.717) is 17.5 Å². The van der Waals surface area contributed by atoms with Crippen LogP contribution in [0.3, 0.4) is 0 Å². The number of hydrogen-bond acceptors (Lipinski definition) is 4. The first-order valence-electron chi connectivity index (χ1n) is 10.4. The Morgan fingerprint density at radius 2 is 1.55 bits per heavy atom. The lowest BCUT2D eigenvalue weighted by Gasteiger charge is -2.54. The molecule has 29 heavy (non-hydrogen) atoms. The van der Waals surface area contributed by atoms with E-state index in [1.54, 1.807) is 0 Å². The summed E-state index contributed by atoms with van der Waals surface area (Å²) in [5.74, 6) is 2.31. The molecular formula is C21H29N3O4S. The molecule has 0 saturated heterocycles. The Labute approximate surface area is 172 Å². The van der Waals surface area contributed by atoms with Gasteiger partial charge in [0.05, 0.1) is 11.4 Å². The van der Waals surface area contributed by atoms with Gasteiger partial charge < -0.3 is 10.6 Å². The van der Waals surface area contributed by atoms with Crippen LogP contribution in [-0.4, -0.2) is 44.2 Å². The zero-order valence-electron chi connectivity index (χ0n) is 16.9. The van der Waals surface area contributed by atoms with E-state index in [9.17, 15) is 18.0 Å². The Morgan fingerprint density at radius 3 is 2.07 bits per heavy atom. The van der Waals surface area contributed by atoms with E-state index < -0.39 is 10.0 Å². The van der Waals surface area contributed by atoms with Crippen molar-refractivity contribution in [1.82, 2.24) is 9.62 Å². The molecule has 0 aromatic heterocycles. The van der Waals surface area contributed by atoms with Gasteiger partial charge in [-0.15, -0.1) is 0 Å². The number of amides is 2. The highest BCUT2D eigenvalue weighted by Gasteiger charge is 2.48. The van der Waals surface area contributed by atoms with Crippen molar-refractivity contribution in [2.45, 2.75) is 50.0 Å². The highest BCUT2D eigenvalue weighted by atomic mass is 32.2. The van der Waals surface area contributed by atoms with Crippen LogP contribution in [0.5, 0.6) is 0 Å². The van der Waals surface area contributed by atoms with E-state index >= 15 is 0 Å². The predicted molar refractivity (Wildman–Crippen MR) is 110 cm³/mol. The lowest BCUT2D eigenvalue weighted by Crippen LogP contribution is -2.57. The summed E-state index contributed by atoms with van der Waals surface area (Å²) in [6.45, 7) is 1.19. The first-order chi connectivity index (χ1) is 13.7. The van der Waals surface area contributed by atoms with Crippen molar-refractivity contribution in [2.24, 2.45) is 23.7 Å². The quantitative estimate of drug-likeness (QED) is 0.739. The third-order valence-electron chi connectivity index (χ3n) is 6.80. The van der Waals surface area contributed by atoms with Crippen molar-refractivity contribution in [1.29, 1.82) is 0 Å². The molecule has 0 atom stereocenters. The highest BCUT2D eigenvalue weighted by molar-refractivity contribution is 7.89. The molecule has 0 spiro atoms. The molecule has 158 valence electrons. The van der Waals surface area contributed by atoms with E-state index in [4.69, 9.17) is 0 Å². The van der Waals surface area contributed by atoms with Gasteiger partial charge in [0, 0.05) is 25.7 Å². The van der Waals surface area contributed by atoms with Crippen molar-refractivity contribution < 1.29 is 18.0 Å². The molecule has 4 aliphatic carbocycles. The van der Waals surface area contributed by atoms with Gasteiger partial charge in [-0.3, -0.25) is 9.59 Å². The van der Waals surface area contributed by atoms with Gasteiger partial charge in [0.1, 0.15) is 0 Å². The van der Waals surface area contributed by atoms with Crippen LogP contribution in [0.4, 0.5) is 5.69 Å². The fraction of sp³-hybridized carbons (Fsp3) is 0.619. The van der Waals surface area contributed by atoms with E-state index in [1.807, 2.05) is 0 Å². The molecule has 4 saturated carbocycles. The highest BCUT2D eigenvalue weighted by Crippen LogP contribution is 2.53. The van der Waals surface area contributed by atoms with Crippen LogP contribution >= 0.6 is 0 Å². The summed E-state index contributed by atoms with van der Waals surface area (Å²) >= 11 is 0. The van der Waals surface area contributed by atoms with Crippen LogP contribution < -0.4 is 10.6 Å². The molecule has 2 N–H and O–H groups in total. The fourth-order valence-electron chi connectivity index (χ4n) is 5.77. The summed E-state index contributed by atoms with van der Waals surface area (Å²) in [5, 5.41) is 5.76.